The molecular weight excluding hydrogens is 398 g/mol. The number of nitrogens with zero attached hydrogens (tertiary/aromatic N) is 2. The van der Waals surface area contributed by atoms with E-state index in [1.54, 1.807) is 11.9 Å². The van der Waals surface area contributed by atoms with E-state index < -0.39 is 11.6 Å². The molecule has 0 spiro atoms. The number of amidine groups is 1. The third kappa shape index (κ3) is 5.34. The van der Waals surface area contributed by atoms with Crippen LogP contribution >= 0.6 is 0 Å². The number of urea groups is 1. The van der Waals surface area contributed by atoms with E-state index in [1.807, 2.05) is 39.0 Å². The van der Waals surface area contributed by atoms with Crippen LogP contribution < -0.4 is 10.6 Å². The zero-order valence-corrected chi connectivity index (χ0v) is 18.6. The summed E-state index contributed by atoms with van der Waals surface area (Å²) >= 11 is 0. The first-order chi connectivity index (χ1) is 14.6. The van der Waals surface area contributed by atoms with E-state index in [9.17, 15) is 14.4 Å². The summed E-state index contributed by atoms with van der Waals surface area (Å²) < 4.78 is 5.46. The fraction of sp³-hybridized carbons (Fsp3) is 0.545. The minimum atomic E-state index is -0.568. The van der Waals surface area contributed by atoms with Gasteiger partial charge in [0.2, 0.25) is 5.91 Å². The van der Waals surface area contributed by atoms with Gasteiger partial charge in [0, 0.05) is 44.4 Å². The summed E-state index contributed by atoms with van der Waals surface area (Å²) in [5.74, 6) is 0.0292. The quantitative estimate of drug-likeness (QED) is 0.504. The average Bonchev–Trinajstić information content (AvgIpc) is 2.71. The Hall–Kier alpha value is -3.10. The van der Waals surface area contributed by atoms with Crippen molar-refractivity contribution in [3.05, 3.63) is 29.3 Å². The molecule has 1 aromatic rings. The molecule has 0 atom stereocenters. The zero-order chi connectivity index (χ0) is 22.8. The first-order valence-corrected chi connectivity index (χ1v) is 10.6. The number of carbonyl (C=O) groups is 3. The topological polar surface area (TPSA) is 115 Å². The highest BCUT2D eigenvalue weighted by molar-refractivity contribution is 6.12. The maximum absolute atomic E-state index is 12.3. The summed E-state index contributed by atoms with van der Waals surface area (Å²) in [6, 6.07) is 5.26. The molecule has 168 valence electrons. The summed E-state index contributed by atoms with van der Waals surface area (Å²) in [6.07, 6.45) is 1.56. The monoisotopic (exact) mass is 429 g/mol. The molecule has 4 amide bonds. The van der Waals surface area contributed by atoms with Crippen molar-refractivity contribution in [1.82, 2.24) is 15.1 Å². The van der Waals surface area contributed by atoms with Crippen molar-refractivity contribution in [3.8, 4) is 0 Å². The van der Waals surface area contributed by atoms with Crippen LogP contribution in [0.1, 0.15) is 57.1 Å². The highest BCUT2D eigenvalue weighted by Crippen LogP contribution is 2.32. The number of piperidine rings is 1. The summed E-state index contributed by atoms with van der Waals surface area (Å²) in [4.78, 5) is 38.8. The van der Waals surface area contributed by atoms with Gasteiger partial charge in [0.05, 0.1) is 0 Å². The molecule has 2 saturated heterocycles. The molecule has 2 fully saturated rings. The predicted molar refractivity (Wildman–Crippen MR) is 117 cm³/mol. The van der Waals surface area contributed by atoms with Gasteiger partial charge in [0.1, 0.15) is 11.4 Å². The molecule has 0 saturated carbocycles. The molecule has 3 rings (SSSR count). The lowest BCUT2D eigenvalue weighted by Gasteiger charge is -2.34. The average molecular weight is 430 g/mol. The molecule has 9 heteroatoms. The zero-order valence-electron chi connectivity index (χ0n) is 18.6. The van der Waals surface area contributed by atoms with E-state index in [1.165, 1.54) is 4.90 Å². The molecule has 0 aromatic heterocycles. The minimum absolute atomic E-state index is 0.0562. The second-order valence-electron chi connectivity index (χ2n) is 8.90. The van der Waals surface area contributed by atoms with Gasteiger partial charge in [-0.05, 0) is 57.2 Å². The van der Waals surface area contributed by atoms with Crippen molar-refractivity contribution < 1.29 is 19.1 Å². The number of anilines is 1. The number of imide groups is 1. The first-order valence-electron chi connectivity index (χ1n) is 10.6. The van der Waals surface area contributed by atoms with Crippen LogP contribution in [0.5, 0.6) is 0 Å². The second-order valence-corrected chi connectivity index (χ2v) is 8.90. The van der Waals surface area contributed by atoms with Gasteiger partial charge in [-0.1, -0.05) is 6.07 Å². The van der Waals surface area contributed by atoms with Crippen LogP contribution in [-0.2, 0) is 9.53 Å². The number of amides is 4. The number of benzene rings is 1. The van der Waals surface area contributed by atoms with Crippen LogP contribution in [0.2, 0.25) is 0 Å². The summed E-state index contributed by atoms with van der Waals surface area (Å²) in [5.41, 5.74) is 1.97. The van der Waals surface area contributed by atoms with Gasteiger partial charge in [-0.3, -0.25) is 20.4 Å². The predicted octanol–water partition coefficient (Wildman–Crippen LogP) is 3.11. The highest BCUT2D eigenvalue weighted by Gasteiger charge is 2.30. The maximum atomic E-state index is 12.3. The normalized spacial score (nSPS) is 17.9. The Morgan fingerprint density at radius 3 is 2.45 bits per heavy atom. The lowest BCUT2D eigenvalue weighted by atomic mass is 9.88. The van der Waals surface area contributed by atoms with Crippen molar-refractivity contribution in [2.75, 3.05) is 32.0 Å². The Labute approximate surface area is 182 Å². The molecule has 1 aromatic carbocycles. The van der Waals surface area contributed by atoms with Gasteiger partial charge in [0.25, 0.3) is 0 Å². The van der Waals surface area contributed by atoms with Gasteiger partial charge in [0.15, 0.2) is 0 Å². The third-order valence-electron chi connectivity index (χ3n) is 5.51. The number of hydrogen-bond donors (Lipinski definition) is 3. The lowest BCUT2D eigenvalue weighted by molar-refractivity contribution is -0.121. The molecule has 0 bridgehead atoms. The Kier molecular flexibility index (Phi) is 6.52. The number of nitrogens with one attached hydrogen (secondary N) is 3. The van der Waals surface area contributed by atoms with Crippen LogP contribution in [-0.4, -0.2) is 65.9 Å². The van der Waals surface area contributed by atoms with E-state index in [2.05, 4.69) is 10.6 Å². The fourth-order valence-electron chi connectivity index (χ4n) is 3.87. The molecule has 3 N–H and O–H groups in total. The molecule has 2 heterocycles. The van der Waals surface area contributed by atoms with Crippen molar-refractivity contribution in [3.63, 3.8) is 0 Å². The Morgan fingerprint density at radius 2 is 1.87 bits per heavy atom. The standard InChI is InChI=1S/C22H31N5O4/c1-22(2,3)31-21(30)26-10-7-14(8-11-26)15-5-6-16(17(13-15)24-4)19(23)27-12-9-18(28)25-20(27)29/h5-6,13-14,23-24H,7-12H2,1-4H3,(H,25,28,29). The van der Waals surface area contributed by atoms with Crippen molar-refractivity contribution in [2.24, 2.45) is 0 Å². The molecule has 31 heavy (non-hydrogen) atoms. The largest absolute Gasteiger partial charge is 0.444 e. The Bertz CT molecular complexity index is 884. The van der Waals surface area contributed by atoms with Crippen LogP contribution in [0, 0.1) is 5.41 Å². The number of ether oxygens (including phenoxy) is 1. The molecule has 0 aliphatic carbocycles. The van der Waals surface area contributed by atoms with E-state index in [4.69, 9.17) is 10.1 Å². The first kappa shape index (κ1) is 22.6. The van der Waals surface area contributed by atoms with E-state index in [0.717, 1.165) is 24.1 Å². The van der Waals surface area contributed by atoms with E-state index in [-0.39, 0.29) is 30.8 Å². The third-order valence-corrected chi connectivity index (χ3v) is 5.51. The summed E-state index contributed by atoms with van der Waals surface area (Å²) in [6.45, 7) is 7.05. The van der Waals surface area contributed by atoms with Crippen molar-refractivity contribution in [1.29, 1.82) is 5.41 Å². The molecular formula is C22H31N5O4. The van der Waals surface area contributed by atoms with Crippen molar-refractivity contribution >= 4 is 29.6 Å². The van der Waals surface area contributed by atoms with Crippen LogP contribution in [0.15, 0.2) is 18.2 Å². The minimum Gasteiger partial charge on any atom is -0.444 e. The smallest absolute Gasteiger partial charge is 0.410 e. The number of rotatable bonds is 3. The van der Waals surface area contributed by atoms with Gasteiger partial charge < -0.3 is 15.0 Å². The Balaban J connectivity index is 1.68. The van der Waals surface area contributed by atoms with E-state index >= 15 is 0 Å². The lowest BCUT2D eigenvalue weighted by Crippen LogP contribution is -2.52. The molecule has 0 radical (unpaired) electrons. The van der Waals surface area contributed by atoms with Gasteiger partial charge in [-0.15, -0.1) is 0 Å². The van der Waals surface area contributed by atoms with Gasteiger partial charge in [-0.25, -0.2) is 9.59 Å². The number of hydrogen-bond acceptors (Lipinski definition) is 6. The Morgan fingerprint density at radius 1 is 1.19 bits per heavy atom. The summed E-state index contributed by atoms with van der Waals surface area (Å²) in [5, 5.41) is 13.9. The maximum Gasteiger partial charge on any atom is 0.410 e. The SMILES string of the molecule is CNc1cc(C2CCN(C(=O)OC(C)(C)C)CC2)ccc1C(=N)N1CCC(=O)NC1=O. The molecule has 2 aliphatic heterocycles. The van der Waals surface area contributed by atoms with Gasteiger partial charge >= 0.3 is 12.1 Å². The van der Waals surface area contributed by atoms with Gasteiger partial charge in [-0.2, -0.15) is 0 Å². The van der Waals surface area contributed by atoms with E-state index in [0.29, 0.717) is 24.6 Å². The molecule has 0 unspecified atom stereocenters. The number of likely N-dealkylation sites (tertiary alicyclic amines) is 1. The van der Waals surface area contributed by atoms with Crippen LogP contribution in [0.4, 0.5) is 15.3 Å². The number of carbonyl (C=O) groups excluding carboxylic acids is 3. The highest BCUT2D eigenvalue weighted by atomic mass is 16.6. The van der Waals surface area contributed by atoms with Crippen molar-refractivity contribution in [2.45, 2.75) is 51.6 Å². The fourth-order valence-corrected chi connectivity index (χ4v) is 3.87. The second kappa shape index (κ2) is 8.95. The van der Waals surface area contributed by atoms with Crippen LogP contribution in [0.3, 0.4) is 0 Å². The molecule has 9 nitrogen and oxygen atoms in total. The van der Waals surface area contributed by atoms with Crippen LogP contribution in [0.25, 0.3) is 0 Å². The summed E-state index contributed by atoms with van der Waals surface area (Å²) in [7, 11) is 1.78. The molecule has 2 aliphatic rings.